The van der Waals surface area contributed by atoms with Gasteiger partial charge in [0.2, 0.25) is 5.52 Å². The molecule has 3 aromatic rings. The van der Waals surface area contributed by atoms with Gasteiger partial charge in [-0.3, -0.25) is 0 Å². The minimum Gasteiger partial charge on any atom is -0.691 e. The fraction of sp³-hybridized carbons (Fsp3) is 0.143. The Kier molecular flexibility index (Phi) is 2.68. The first-order valence-electron chi connectivity index (χ1n) is 5.94. The van der Waals surface area contributed by atoms with Crippen molar-refractivity contribution in [3.05, 3.63) is 65.4 Å². The number of aromatic nitrogens is 3. The molecule has 4 nitrogen and oxygen atoms in total. The highest BCUT2D eigenvalue weighted by atomic mass is 16.5. The van der Waals surface area contributed by atoms with Crippen molar-refractivity contribution in [1.29, 1.82) is 0 Å². The summed E-state index contributed by atoms with van der Waals surface area (Å²) in [6.07, 6.45) is 0.868. The molecular weight excluding hydrogens is 226 g/mol. The van der Waals surface area contributed by atoms with Crippen LogP contribution in [0, 0.1) is 5.21 Å². The summed E-state index contributed by atoms with van der Waals surface area (Å²) in [7, 11) is 0. The van der Waals surface area contributed by atoms with Crippen molar-refractivity contribution in [2.45, 2.75) is 13.0 Å². The van der Waals surface area contributed by atoms with Gasteiger partial charge in [0.05, 0.1) is 5.21 Å². The second-order valence-electron chi connectivity index (χ2n) is 4.21. The van der Waals surface area contributed by atoms with Gasteiger partial charge in [0.15, 0.2) is 5.52 Å². The molecule has 0 fully saturated rings. The van der Waals surface area contributed by atoms with Gasteiger partial charge in [-0.1, -0.05) is 42.5 Å². The van der Waals surface area contributed by atoms with E-state index in [0.717, 1.165) is 11.9 Å². The Bertz CT molecular complexity index is 661. The summed E-state index contributed by atoms with van der Waals surface area (Å²) in [6, 6.07) is 17.7. The van der Waals surface area contributed by atoms with Crippen molar-refractivity contribution in [2.75, 3.05) is 0 Å². The van der Waals surface area contributed by atoms with Crippen molar-refractivity contribution in [2.24, 2.45) is 0 Å². The van der Waals surface area contributed by atoms with E-state index in [9.17, 15) is 5.21 Å². The number of benzene rings is 2. The molecular formula is C14H13N3O. The zero-order valence-corrected chi connectivity index (χ0v) is 9.86. The monoisotopic (exact) mass is 239 g/mol. The maximum absolute atomic E-state index is 11.6. The Morgan fingerprint density at radius 1 is 1.00 bits per heavy atom. The molecule has 1 heterocycles. The predicted octanol–water partition coefficient (Wildman–Crippen LogP) is 1.91. The standard InChI is InChI=1S/C14H13N3O/c18-17-14-9-5-4-8-13(14)16(15-17)11-10-12-6-2-1-3-7-12/h1-9H,10-11H2. The molecule has 0 aliphatic heterocycles. The van der Waals surface area contributed by atoms with Crippen molar-refractivity contribution in [1.82, 2.24) is 9.90 Å². The molecule has 0 aliphatic carbocycles. The number of nitrogens with zero attached hydrogens (tertiary/aromatic N) is 3. The molecule has 0 saturated carbocycles. The van der Waals surface area contributed by atoms with Crippen LogP contribution in [0.5, 0.6) is 0 Å². The van der Waals surface area contributed by atoms with Gasteiger partial charge in [-0.05, 0) is 17.7 Å². The quantitative estimate of drug-likeness (QED) is 0.517. The molecule has 0 amide bonds. The summed E-state index contributed by atoms with van der Waals surface area (Å²) in [4.78, 5) is 0.681. The van der Waals surface area contributed by atoms with Crippen molar-refractivity contribution < 1.29 is 4.85 Å². The van der Waals surface area contributed by atoms with Crippen LogP contribution in [-0.2, 0) is 13.0 Å². The van der Waals surface area contributed by atoms with E-state index in [1.165, 1.54) is 5.56 Å². The number of rotatable bonds is 3. The molecule has 2 aromatic carbocycles. The summed E-state index contributed by atoms with van der Waals surface area (Å²) in [5.74, 6) is 0. The fourth-order valence-corrected chi connectivity index (χ4v) is 2.08. The highest BCUT2D eigenvalue weighted by molar-refractivity contribution is 5.70. The van der Waals surface area contributed by atoms with Crippen LogP contribution in [0.2, 0.25) is 0 Å². The van der Waals surface area contributed by atoms with E-state index in [4.69, 9.17) is 0 Å². The third kappa shape index (κ3) is 1.93. The van der Waals surface area contributed by atoms with E-state index >= 15 is 0 Å². The number of hydrogen-bond acceptors (Lipinski definition) is 2. The molecule has 0 radical (unpaired) electrons. The Morgan fingerprint density at radius 2 is 1.72 bits per heavy atom. The van der Waals surface area contributed by atoms with Crippen LogP contribution in [0.1, 0.15) is 5.56 Å². The molecule has 0 saturated heterocycles. The van der Waals surface area contributed by atoms with Gasteiger partial charge in [-0.2, -0.15) is 0 Å². The maximum Gasteiger partial charge on any atom is 0.202 e. The minimum atomic E-state index is 0.616. The number of fused-ring (bicyclic) bond motifs is 1. The first-order valence-corrected chi connectivity index (χ1v) is 5.94. The number of para-hydroxylation sites is 2. The SMILES string of the molecule is [O-][n+]1nn(CCc2ccccc2)c2ccccc21. The van der Waals surface area contributed by atoms with Crippen LogP contribution in [0.15, 0.2) is 54.6 Å². The molecule has 0 unspecified atom stereocenters. The molecule has 0 atom stereocenters. The van der Waals surface area contributed by atoms with Crippen LogP contribution >= 0.6 is 0 Å². The van der Waals surface area contributed by atoms with Gasteiger partial charge in [-0.25, -0.2) is 0 Å². The molecule has 90 valence electrons. The van der Waals surface area contributed by atoms with Crippen LogP contribution in [0.25, 0.3) is 11.0 Å². The van der Waals surface area contributed by atoms with Crippen LogP contribution in [-0.4, -0.2) is 9.90 Å². The average molecular weight is 239 g/mol. The predicted molar refractivity (Wildman–Crippen MR) is 68.8 cm³/mol. The van der Waals surface area contributed by atoms with Gasteiger partial charge in [0.25, 0.3) is 0 Å². The summed E-state index contributed by atoms with van der Waals surface area (Å²) < 4.78 is 1.76. The van der Waals surface area contributed by atoms with E-state index in [1.54, 1.807) is 10.7 Å². The highest BCUT2D eigenvalue weighted by Crippen LogP contribution is 2.09. The Labute approximate surface area is 105 Å². The molecule has 0 spiro atoms. The minimum absolute atomic E-state index is 0.616. The molecule has 0 aliphatic rings. The summed E-state index contributed by atoms with van der Waals surface area (Å²) in [6.45, 7) is 0.708. The largest absolute Gasteiger partial charge is 0.691 e. The van der Waals surface area contributed by atoms with E-state index in [-0.39, 0.29) is 0 Å². The Morgan fingerprint density at radius 3 is 2.56 bits per heavy atom. The fourth-order valence-electron chi connectivity index (χ4n) is 2.08. The van der Waals surface area contributed by atoms with Gasteiger partial charge in [0, 0.05) is 6.42 Å². The van der Waals surface area contributed by atoms with Gasteiger partial charge in [0.1, 0.15) is 6.54 Å². The zero-order chi connectivity index (χ0) is 12.4. The molecule has 4 heteroatoms. The molecule has 1 aromatic heterocycles. The van der Waals surface area contributed by atoms with E-state index < -0.39 is 0 Å². The average Bonchev–Trinajstić information content (AvgIpc) is 2.75. The molecule has 18 heavy (non-hydrogen) atoms. The maximum atomic E-state index is 11.6. The Balaban J connectivity index is 1.87. The lowest BCUT2D eigenvalue weighted by Gasteiger charge is -1.97. The summed E-state index contributed by atoms with van der Waals surface area (Å²) >= 11 is 0. The zero-order valence-electron chi connectivity index (χ0n) is 9.86. The van der Waals surface area contributed by atoms with Crippen molar-refractivity contribution in [3.63, 3.8) is 0 Å². The van der Waals surface area contributed by atoms with E-state index in [1.807, 2.05) is 36.4 Å². The second kappa shape index (κ2) is 4.49. The third-order valence-corrected chi connectivity index (χ3v) is 3.01. The van der Waals surface area contributed by atoms with Gasteiger partial charge < -0.3 is 5.21 Å². The summed E-state index contributed by atoms with van der Waals surface area (Å²) in [5, 5.41) is 15.6. The Hall–Kier alpha value is -2.36. The van der Waals surface area contributed by atoms with E-state index in [2.05, 4.69) is 17.3 Å². The summed E-state index contributed by atoms with van der Waals surface area (Å²) in [5.41, 5.74) is 2.74. The van der Waals surface area contributed by atoms with Crippen LogP contribution in [0.3, 0.4) is 0 Å². The second-order valence-corrected chi connectivity index (χ2v) is 4.21. The lowest BCUT2D eigenvalue weighted by molar-refractivity contribution is -0.646. The number of aryl methyl sites for hydroxylation is 2. The first kappa shape index (κ1) is 10.8. The van der Waals surface area contributed by atoms with Crippen molar-refractivity contribution in [3.8, 4) is 0 Å². The van der Waals surface area contributed by atoms with Gasteiger partial charge in [-0.15, -0.1) is 9.53 Å². The molecule has 3 rings (SSSR count). The van der Waals surface area contributed by atoms with Gasteiger partial charge >= 0.3 is 0 Å². The van der Waals surface area contributed by atoms with Crippen molar-refractivity contribution >= 4 is 11.0 Å². The molecule has 0 bridgehead atoms. The topological polar surface area (TPSA) is 44.8 Å². The molecule has 0 N–H and O–H groups in total. The normalized spacial score (nSPS) is 10.9. The number of hydrogen-bond donors (Lipinski definition) is 0. The van der Waals surface area contributed by atoms with E-state index in [0.29, 0.717) is 16.9 Å². The van der Waals surface area contributed by atoms with Crippen LogP contribution in [0.4, 0.5) is 0 Å². The third-order valence-electron chi connectivity index (χ3n) is 3.01. The smallest absolute Gasteiger partial charge is 0.202 e. The first-order chi connectivity index (χ1) is 8.84. The lowest BCUT2D eigenvalue weighted by Crippen LogP contribution is -2.29. The van der Waals surface area contributed by atoms with Crippen LogP contribution < -0.4 is 4.85 Å². The highest BCUT2D eigenvalue weighted by Gasteiger charge is 2.12. The lowest BCUT2D eigenvalue weighted by atomic mass is 10.1.